The van der Waals surface area contributed by atoms with Crippen LogP contribution in [0.5, 0.6) is 5.88 Å². The molecule has 0 radical (unpaired) electrons. The Morgan fingerprint density at radius 3 is 2.36 bits per heavy atom. The molecule has 3 aliphatic rings. The maximum atomic E-state index is 14.4. The van der Waals surface area contributed by atoms with Crippen LogP contribution in [0.1, 0.15) is 68.6 Å². The Bertz CT molecular complexity index is 1630. The Morgan fingerprint density at radius 1 is 1.05 bits per heavy atom. The highest BCUT2D eigenvalue weighted by atomic mass is 32.2. The number of hydrogen-bond donors (Lipinski definition) is 1. The Hall–Kier alpha value is -3.18. The van der Waals surface area contributed by atoms with Crippen LogP contribution >= 0.6 is 0 Å². The van der Waals surface area contributed by atoms with E-state index in [2.05, 4.69) is 14.7 Å². The van der Waals surface area contributed by atoms with Gasteiger partial charge in [0, 0.05) is 17.5 Å². The lowest BCUT2D eigenvalue weighted by Crippen LogP contribution is -2.41. The van der Waals surface area contributed by atoms with Crippen molar-refractivity contribution in [1.82, 2.24) is 9.97 Å². The van der Waals surface area contributed by atoms with E-state index in [1.54, 1.807) is 18.2 Å². The number of anilines is 1. The zero-order valence-corrected chi connectivity index (χ0v) is 26.1. The van der Waals surface area contributed by atoms with Crippen molar-refractivity contribution in [3.8, 4) is 17.1 Å². The van der Waals surface area contributed by atoms with Crippen molar-refractivity contribution in [2.24, 2.45) is 17.3 Å². The Kier molecular flexibility index (Phi) is 7.93. The molecule has 7 nitrogen and oxygen atoms in total. The second kappa shape index (κ2) is 11.3. The molecule has 2 aliphatic carbocycles. The summed E-state index contributed by atoms with van der Waals surface area (Å²) in [4.78, 5) is 8.91. The third-order valence-corrected chi connectivity index (χ3v) is 10.7. The van der Waals surface area contributed by atoms with E-state index < -0.39 is 27.5 Å². The van der Waals surface area contributed by atoms with Gasteiger partial charge in [-0.25, -0.2) is 18.1 Å². The number of benzene rings is 2. The maximum absolute atomic E-state index is 14.4. The van der Waals surface area contributed by atoms with Crippen LogP contribution in [0.2, 0.25) is 0 Å². The van der Waals surface area contributed by atoms with Gasteiger partial charge in [0.05, 0.1) is 34.8 Å². The van der Waals surface area contributed by atoms with E-state index in [0.717, 1.165) is 16.7 Å². The van der Waals surface area contributed by atoms with Crippen LogP contribution in [0.15, 0.2) is 53.4 Å². The predicted molar refractivity (Wildman–Crippen MR) is 161 cm³/mol. The molecule has 4 bridgehead atoms. The summed E-state index contributed by atoms with van der Waals surface area (Å²) in [5.41, 5.74) is 2.05. The average Bonchev–Trinajstić information content (AvgIpc) is 3.70. The minimum atomic E-state index is -4.34. The summed E-state index contributed by atoms with van der Waals surface area (Å²) in [6.45, 7) is 7.78. The minimum Gasteiger partial charge on any atom is -0.477 e. The zero-order valence-electron chi connectivity index (χ0n) is 25.3. The molecule has 0 spiro atoms. The fourth-order valence-electron chi connectivity index (χ4n) is 7.02. The van der Waals surface area contributed by atoms with Crippen molar-refractivity contribution in [2.45, 2.75) is 89.0 Å². The molecule has 1 aliphatic heterocycles. The number of aryl methyl sites for hydroxylation is 2. The molecule has 0 amide bonds. The second-order valence-corrected chi connectivity index (χ2v) is 14.7. The number of alkyl halides is 3. The SMILES string of the molecule is Cc1cccc(C)c1-c1cc2nc(n1)NS(=O)(=O)c1cccc(c1)C([C@H]1C[C@@H](OC(C)C)C1)[C@H](CC1(C(F)(F)F)CC1)CO2. The van der Waals surface area contributed by atoms with E-state index in [-0.39, 0.29) is 66.6 Å². The Balaban J connectivity index is 1.46. The molecule has 236 valence electrons. The van der Waals surface area contributed by atoms with Crippen molar-refractivity contribution in [3.63, 3.8) is 0 Å². The van der Waals surface area contributed by atoms with Gasteiger partial charge in [-0.2, -0.15) is 18.2 Å². The number of hydrogen-bond acceptors (Lipinski definition) is 6. The number of ether oxygens (including phenoxy) is 2. The van der Waals surface area contributed by atoms with Gasteiger partial charge < -0.3 is 9.47 Å². The van der Waals surface area contributed by atoms with Crippen LogP contribution in [0.25, 0.3) is 11.3 Å². The van der Waals surface area contributed by atoms with Crippen molar-refractivity contribution < 1.29 is 31.1 Å². The molecule has 2 atom stereocenters. The van der Waals surface area contributed by atoms with Gasteiger partial charge in [-0.1, -0.05) is 30.3 Å². The van der Waals surface area contributed by atoms with Gasteiger partial charge in [0.1, 0.15) is 0 Å². The molecular formula is C33H38F3N3O4S. The summed E-state index contributed by atoms with van der Waals surface area (Å²) < 4.78 is 85.2. The monoisotopic (exact) mass is 629 g/mol. The highest BCUT2D eigenvalue weighted by molar-refractivity contribution is 7.92. The average molecular weight is 630 g/mol. The summed E-state index contributed by atoms with van der Waals surface area (Å²) in [5, 5.41) is 0. The Labute approximate surface area is 256 Å². The summed E-state index contributed by atoms with van der Waals surface area (Å²) >= 11 is 0. The van der Waals surface area contributed by atoms with Gasteiger partial charge in [-0.05, 0) is 100 Å². The van der Waals surface area contributed by atoms with E-state index >= 15 is 0 Å². The summed E-state index contributed by atoms with van der Waals surface area (Å²) in [6.07, 6.45) is -2.87. The maximum Gasteiger partial charge on any atom is 0.394 e. The van der Waals surface area contributed by atoms with Crippen LogP contribution < -0.4 is 9.46 Å². The van der Waals surface area contributed by atoms with Crippen LogP contribution in [0.4, 0.5) is 19.1 Å². The second-order valence-electron chi connectivity index (χ2n) is 13.0. The summed E-state index contributed by atoms with van der Waals surface area (Å²) in [7, 11) is -4.13. The van der Waals surface area contributed by atoms with Gasteiger partial charge in [0.2, 0.25) is 11.8 Å². The van der Waals surface area contributed by atoms with Crippen molar-refractivity contribution >= 4 is 16.0 Å². The molecule has 1 unspecified atom stereocenters. The number of rotatable bonds is 6. The van der Waals surface area contributed by atoms with E-state index in [0.29, 0.717) is 24.1 Å². The fourth-order valence-corrected chi connectivity index (χ4v) is 8.02. The highest BCUT2D eigenvalue weighted by Crippen LogP contribution is 2.63. The van der Waals surface area contributed by atoms with Crippen molar-refractivity contribution in [3.05, 3.63) is 65.2 Å². The number of sulfonamides is 1. The number of halogens is 3. The van der Waals surface area contributed by atoms with Crippen molar-refractivity contribution in [2.75, 3.05) is 11.3 Å². The molecule has 0 saturated heterocycles. The summed E-state index contributed by atoms with van der Waals surface area (Å²) in [5.74, 6) is -0.959. The third-order valence-electron chi connectivity index (χ3n) is 9.38. The molecule has 44 heavy (non-hydrogen) atoms. The molecule has 1 N–H and O–H groups in total. The molecule has 3 aromatic rings. The highest BCUT2D eigenvalue weighted by Gasteiger charge is 2.64. The topological polar surface area (TPSA) is 90.4 Å². The minimum absolute atomic E-state index is 0.00563. The molecule has 2 aromatic carbocycles. The first-order valence-electron chi connectivity index (χ1n) is 15.2. The van der Waals surface area contributed by atoms with E-state index in [1.807, 2.05) is 52.0 Å². The largest absolute Gasteiger partial charge is 0.477 e. The molecule has 2 heterocycles. The number of fused-ring (bicyclic) bond motifs is 4. The summed E-state index contributed by atoms with van der Waals surface area (Å²) in [6, 6.07) is 14.0. The lowest BCUT2D eigenvalue weighted by atomic mass is 9.64. The molecule has 11 heteroatoms. The molecular weight excluding hydrogens is 591 g/mol. The van der Waals surface area contributed by atoms with Crippen LogP contribution in [0.3, 0.4) is 0 Å². The first-order valence-corrected chi connectivity index (χ1v) is 16.7. The van der Waals surface area contributed by atoms with Gasteiger partial charge in [0.25, 0.3) is 10.0 Å². The van der Waals surface area contributed by atoms with Gasteiger partial charge >= 0.3 is 6.18 Å². The molecule has 2 saturated carbocycles. The lowest BCUT2D eigenvalue weighted by Gasteiger charge is -2.45. The van der Waals surface area contributed by atoms with Gasteiger partial charge in [0.15, 0.2) is 0 Å². The van der Waals surface area contributed by atoms with Gasteiger partial charge in [-0.3, -0.25) is 0 Å². The third kappa shape index (κ3) is 6.05. The van der Waals surface area contributed by atoms with Gasteiger partial charge in [-0.15, -0.1) is 0 Å². The first-order chi connectivity index (χ1) is 20.7. The molecule has 2 fully saturated rings. The fraction of sp³-hybridized carbons (Fsp3) is 0.515. The number of nitrogens with one attached hydrogen (secondary N) is 1. The smallest absolute Gasteiger partial charge is 0.394 e. The van der Waals surface area contributed by atoms with Crippen molar-refractivity contribution in [1.29, 1.82) is 0 Å². The van der Waals surface area contributed by atoms with E-state index in [1.165, 1.54) is 6.07 Å². The van der Waals surface area contributed by atoms with Crippen LogP contribution in [0, 0.1) is 31.1 Å². The van der Waals surface area contributed by atoms with E-state index in [9.17, 15) is 21.6 Å². The van der Waals surface area contributed by atoms with Crippen LogP contribution in [-0.4, -0.2) is 43.4 Å². The molecule has 6 rings (SSSR count). The Morgan fingerprint density at radius 2 is 1.73 bits per heavy atom. The lowest BCUT2D eigenvalue weighted by molar-refractivity contribution is -0.194. The quantitative estimate of drug-likeness (QED) is 0.302. The standard InChI is InChI=1S/C33H38F3N3O4S/c1-19(2)43-25-13-23(14-25)30-22-9-6-10-26(15-22)44(40,41)39-31-37-27(29-20(3)7-5-8-21(29)4)16-28(38-31)42-18-24(30)17-32(11-12-32)33(34,35)36/h5-10,15-16,19,23-25,30H,11-14,17-18H2,1-4H3,(H,37,38,39)/t23-,24-,25+,30?/m1/s1. The zero-order chi connectivity index (χ0) is 31.4. The normalized spacial score (nSPS) is 25.5. The predicted octanol–water partition coefficient (Wildman–Crippen LogP) is 7.59. The number of nitrogens with zero attached hydrogens (tertiary/aromatic N) is 2. The first kappa shape index (κ1) is 30.8. The van der Waals surface area contributed by atoms with Crippen LogP contribution in [-0.2, 0) is 14.8 Å². The van der Waals surface area contributed by atoms with E-state index in [4.69, 9.17) is 9.47 Å². The number of aromatic nitrogens is 2. The molecule has 1 aromatic heterocycles.